The maximum absolute atomic E-state index is 9.71. The van der Waals surface area contributed by atoms with Gasteiger partial charge < -0.3 is 14.6 Å². The first kappa shape index (κ1) is 14.6. The molecule has 0 aromatic heterocycles. The third-order valence-corrected chi connectivity index (χ3v) is 3.43. The van der Waals surface area contributed by atoms with Crippen LogP contribution in [0, 0.1) is 0 Å². The molecule has 1 unspecified atom stereocenters. The summed E-state index contributed by atoms with van der Waals surface area (Å²) in [6, 6.07) is 5.33. The summed E-state index contributed by atoms with van der Waals surface area (Å²) in [6.07, 6.45) is -0.586. The van der Waals surface area contributed by atoms with Crippen LogP contribution in [0.2, 0.25) is 5.02 Å². The maximum Gasteiger partial charge on any atom is 0.125 e. The van der Waals surface area contributed by atoms with Crippen LogP contribution in [0.25, 0.3) is 0 Å². The lowest BCUT2D eigenvalue weighted by molar-refractivity contribution is 0.0320. The molecule has 1 saturated heterocycles. The number of aliphatic hydroxyl groups excluding tert-OH is 1. The number of hydrogen-bond donors (Lipinski definition) is 1. The lowest BCUT2D eigenvalue weighted by atomic mass is 10.1. The molecule has 1 aromatic carbocycles. The van der Waals surface area contributed by atoms with Gasteiger partial charge >= 0.3 is 0 Å². The van der Waals surface area contributed by atoms with E-state index in [1.165, 1.54) is 0 Å². The second-order valence-electron chi connectivity index (χ2n) is 4.66. The van der Waals surface area contributed by atoms with Gasteiger partial charge in [0.1, 0.15) is 12.4 Å². The van der Waals surface area contributed by atoms with Crippen molar-refractivity contribution < 1.29 is 14.6 Å². The average molecular weight is 286 g/mol. The van der Waals surface area contributed by atoms with Crippen molar-refractivity contribution in [2.45, 2.75) is 13.0 Å². The molecule has 19 heavy (non-hydrogen) atoms. The van der Waals surface area contributed by atoms with E-state index in [0.29, 0.717) is 17.4 Å². The fraction of sp³-hybridized carbons (Fsp3) is 0.571. The van der Waals surface area contributed by atoms with Crippen LogP contribution in [0.3, 0.4) is 0 Å². The van der Waals surface area contributed by atoms with E-state index < -0.39 is 6.10 Å². The number of nitrogens with zero attached hydrogens (tertiary/aromatic N) is 1. The number of aliphatic hydroxyl groups is 1. The summed E-state index contributed by atoms with van der Waals surface area (Å²) in [4.78, 5) is 2.31. The Bertz CT molecular complexity index is 406. The molecule has 5 heteroatoms. The second kappa shape index (κ2) is 7.10. The molecule has 106 valence electrons. The van der Waals surface area contributed by atoms with E-state index in [9.17, 15) is 5.11 Å². The van der Waals surface area contributed by atoms with Gasteiger partial charge in [0, 0.05) is 30.2 Å². The first-order chi connectivity index (χ1) is 9.16. The summed E-state index contributed by atoms with van der Waals surface area (Å²) in [7, 11) is 0. The molecule has 0 bridgehead atoms. The Balaban J connectivity index is 1.88. The Kier molecular flexibility index (Phi) is 5.45. The molecule has 0 amide bonds. The Labute approximate surface area is 118 Å². The van der Waals surface area contributed by atoms with Crippen molar-refractivity contribution >= 4 is 11.6 Å². The highest BCUT2D eigenvalue weighted by Crippen LogP contribution is 2.28. The molecule has 0 saturated carbocycles. The van der Waals surface area contributed by atoms with Crippen LogP contribution in [-0.2, 0) is 4.74 Å². The molecule has 1 aliphatic rings. The standard InChI is InChI=1S/C14H20ClNO3/c1-11(17)13-10-12(15)2-3-14(13)19-9-6-16-4-7-18-8-5-16/h2-3,10-11,17H,4-9H2,1H3. The van der Waals surface area contributed by atoms with Crippen molar-refractivity contribution in [3.63, 3.8) is 0 Å². The molecule has 0 spiro atoms. The van der Waals surface area contributed by atoms with Crippen molar-refractivity contribution in [1.29, 1.82) is 0 Å². The third-order valence-electron chi connectivity index (χ3n) is 3.19. The molecule has 2 rings (SSSR count). The predicted molar refractivity (Wildman–Crippen MR) is 74.8 cm³/mol. The highest BCUT2D eigenvalue weighted by molar-refractivity contribution is 6.30. The van der Waals surface area contributed by atoms with Crippen LogP contribution < -0.4 is 4.74 Å². The van der Waals surface area contributed by atoms with Crippen LogP contribution >= 0.6 is 11.6 Å². The van der Waals surface area contributed by atoms with E-state index in [1.807, 2.05) is 6.07 Å². The van der Waals surface area contributed by atoms with Crippen LogP contribution in [0.4, 0.5) is 0 Å². The second-order valence-corrected chi connectivity index (χ2v) is 5.10. The van der Waals surface area contributed by atoms with Crippen LogP contribution in [0.5, 0.6) is 5.75 Å². The highest BCUT2D eigenvalue weighted by Gasteiger charge is 2.12. The maximum atomic E-state index is 9.71. The van der Waals surface area contributed by atoms with Crippen molar-refractivity contribution in [3.8, 4) is 5.75 Å². The van der Waals surface area contributed by atoms with Gasteiger partial charge in [-0.05, 0) is 25.1 Å². The molecule has 1 aliphatic heterocycles. The van der Waals surface area contributed by atoms with Gasteiger partial charge in [-0.1, -0.05) is 11.6 Å². The number of ether oxygens (including phenoxy) is 2. The fourth-order valence-electron chi connectivity index (χ4n) is 2.09. The van der Waals surface area contributed by atoms with Gasteiger partial charge in [0.2, 0.25) is 0 Å². The minimum atomic E-state index is -0.586. The predicted octanol–water partition coefficient (Wildman–Crippen LogP) is 2.10. The third kappa shape index (κ3) is 4.35. The zero-order chi connectivity index (χ0) is 13.7. The first-order valence-electron chi connectivity index (χ1n) is 6.57. The Morgan fingerprint density at radius 2 is 2.16 bits per heavy atom. The number of morpholine rings is 1. The number of rotatable bonds is 5. The monoisotopic (exact) mass is 285 g/mol. The molecule has 1 atom stereocenters. The fourth-order valence-corrected chi connectivity index (χ4v) is 2.27. The van der Waals surface area contributed by atoms with Crippen LogP contribution in [-0.4, -0.2) is 49.5 Å². The van der Waals surface area contributed by atoms with E-state index >= 15 is 0 Å². The molecule has 0 radical (unpaired) electrons. The molecule has 1 fully saturated rings. The van der Waals surface area contributed by atoms with Crippen LogP contribution in [0.15, 0.2) is 18.2 Å². The molecule has 1 heterocycles. The molecule has 1 aromatic rings. The molecular formula is C14H20ClNO3. The summed E-state index contributed by atoms with van der Waals surface area (Å²) in [5.74, 6) is 0.702. The number of hydrogen-bond acceptors (Lipinski definition) is 4. The minimum Gasteiger partial charge on any atom is -0.492 e. The minimum absolute atomic E-state index is 0.586. The molecule has 1 N–H and O–H groups in total. The zero-order valence-corrected chi connectivity index (χ0v) is 11.9. The van der Waals surface area contributed by atoms with Gasteiger partial charge in [0.05, 0.1) is 19.3 Å². The summed E-state index contributed by atoms with van der Waals surface area (Å²) >= 11 is 5.93. The van der Waals surface area contributed by atoms with Crippen molar-refractivity contribution in [2.24, 2.45) is 0 Å². The van der Waals surface area contributed by atoms with E-state index in [1.54, 1.807) is 19.1 Å². The lowest BCUT2D eigenvalue weighted by Gasteiger charge is -2.26. The van der Waals surface area contributed by atoms with Crippen LogP contribution in [0.1, 0.15) is 18.6 Å². The summed E-state index contributed by atoms with van der Waals surface area (Å²) in [5.41, 5.74) is 0.731. The summed E-state index contributed by atoms with van der Waals surface area (Å²) < 4.78 is 11.1. The van der Waals surface area contributed by atoms with Crippen molar-refractivity contribution in [3.05, 3.63) is 28.8 Å². The quantitative estimate of drug-likeness (QED) is 0.900. The van der Waals surface area contributed by atoms with E-state index in [4.69, 9.17) is 21.1 Å². The lowest BCUT2D eigenvalue weighted by Crippen LogP contribution is -2.38. The van der Waals surface area contributed by atoms with Crippen molar-refractivity contribution in [2.75, 3.05) is 39.5 Å². The average Bonchev–Trinajstić information content (AvgIpc) is 2.41. The van der Waals surface area contributed by atoms with Gasteiger partial charge in [-0.2, -0.15) is 0 Å². The Morgan fingerprint density at radius 3 is 2.84 bits per heavy atom. The molecule has 4 nitrogen and oxygen atoms in total. The molecule has 0 aliphatic carbocycles. The summed E-state index contributed by atoms with van der Waals surface area (Å²) in [6.45, 7) is 6.66. The van der Waals surface area contributed by atoms with E-state index in [2.05, 4.69) is 4.90 Å². The Morgan fingerprint density at radius 1 is 1.42 bits per heavy atom. The smallest absolute Gasteiger partial charge is 0.125 e. The van der Waals surface area contributed by atoms with E-state index in [-0.39, 0.29) is 0 Å². The van der Waals surface area contributed by atoms with Gasteiger partial charge in [-0.25, -0.2) is 0 Å². The van der Waals surface area contributed by atoms with Gasteiger partial charge in [-0.3, -0.25) is 4.90 Å². The first-order valence-corrected chi connectivity index (χ1v) is 6.95. The normalized spacial score (nSPS) is 18.3. The van der Waals surface area contributed by atoms with Crippen molar-refractivity contribution in [1.82, 2.24) is 4.90 Å². The van der Waals surface area contributed by atoms with Gasteiger partial charge in [0.15, 0.2) is 0 Å². The SMILES string of the molecule is CC(O)c1cc(Cl)ccc1OCCN1CCOCC1. The number of benzene rings is 1. The zero-order valence-electron chi connectivity index (χ0n) is 11.1. The van der Waals surface area contributed by atoms with Gasteiger partial charge in [-0.15, -0.1) is 0 Å². The molecular weight excluding hydrogens is 266 g/mol. The van der Waals surface area contributed by atoms with E-state index in [0.717, 1.165) is 38.4 Å². The largest absolute Gasteiger partial charge is 0.492 e. The Hall–Kier alpha value is -0.810. The van der Waals surface area contributed by atoms with Gasteiger partial charge in [0.25, 0.3) is 0 Å². The highest BCUT2D eigenvalue weighted by atomic mass is 35.5. The number of halogens is 1. The topological polar surface area (TPSA) is 41.9 Å². The summed E-state index contributed by atoms with van der Waals surface area (Å²) in [5, 5.41) is 10.3.